The summed E-state index contributed by atoms with van der Waals surface area (Å²) in [6, 6.07) is 16.7. The van der Waals surface area contributed by atoms with Crippen LogP contribution in [0.1, 0.15) is 32.8 Å². The predicted molar refractivity (Wildman–Crippen MR) is 119 cm³/mol. The number of hydrogen-bond acceptors (Lipinski definition) is 4. The molecule has 0 aliphatic carbocycles. The number of anilines is 1. The van der Waals surface area contributed by atoms with E-state index in [2.05, 4.69) is 10.6 Å². The van der Waals surface area contributed by atoms with Gasteiger partial charge in [-0.2, -0.15) is 0 Å². The van der Waals surface area contributed by atoms with Gasteiger partial charge >= 0.3 is 6.09 Å². The van der Waals surface area contributed by atoms with Crippen LogP contribution in [-0.4, -0.2) is 30.8 Å². The van der Waals surface area contributed by atoms with E-state index in [-0.39, 0.29) is 11.9 Å². The fourth-order valence-corrected chi connectivity index (χ4v) is 2.70. The van der Waals surface area contributed by atoms with E-state index in [9.17, 15) is 9.59 Å². The lowest BCUT2D eigenvalue weighted by molar-refractivity contribution is -0.111. The van der Waals surface area contributed by atoms with Crippen LogP contribution in [-0.2, 0) is 16.0 Å². The van der Waals surface area contributed by atoms with E-state index in [4.69, 9.17) is 9.47 Å². The topological polar surface area (TPSA) is 76.7 Å². The van der Waals surface area contributed by atoms with Crippen molar-refractivity contribution in [2.45, 2.75) is 45.3 Å². The van der Waals surface area contributed by atoms with E-state index in [0.29, 0.717) is 17.9 Å². The minimum atomic E-state index is -0.594. The molecule has 0 aromatic heterocycles. The molecule has 1 unspecified atom stereocenters. The van der Waals surface area contributed by atoms with Gasteiger partial charge in [0.15, 0.2) is 0 Å². The largest absolute Gasteiger partial charge is 0.497 e. The molecule has 160 valence electrons. The molecule has 2 N–H and O–H groups in total. The second-order valence-electron chi connectivity index (χ2n) is 7.85. The highest BCUT2D eigenvalue weighted by atomic mass is 16.6. The Bertz CT molecular complexity index is 840. The van der Waals surface area contributed by atoms with Crippen LogP contribution in [0.3, 0.4) is 0 Å². The molecule has 0 aliphatic heterocycles. The summed E-state index contributed by atoms with van der Waals surface area (Å²) in [4.78, 5) is 24.5. The van der Waals surface area contributed by atoms with Crippen molar-refractivity contribution in [2.24, 2.45) is 0 Å². The number of carbonyl (C=O) groups excluding carboxylic acids is 2. The van der Waals surface area contributed by atoms with E-state index in [1.54, 1.807) is 37.5 Å². The Labute approximate surface area is 178 Å². The number of ether oxygens (including phenoxy) is 2. The van der Waals surface area contributed by atoms with Gasteiger partial charge in [-0.05, 0) is 63.4 Å². The summed E-state index contributed by atoms with van der Waals surface area (Å²) in [5.41, 5.74) is 1.22. The second kappa shape index (κ2) is 11.0. The molecule has 0 fully saturated rings. The summed E-state index contributed by atoms with van der Waals surface area (Å²) in [5.74, 6) is 0.432. The molecule has 2 rings (SSSR count). The van der Waals surface area contributed by atoms with Gasteiger partial charge in [0.1, 0.15) is 11.4 Å². The Kier molecular flexibility index (Phi) is 8.47. The summed E-state index contributed by atoms with van der Waals surface area (Å²) >= 11 is 0. The quantitative estimate of drug-likeness (QED) is 0.618. The Morgan fingerprint density at radius 3 is 2.30 bits per heavy atom. The Hall–Kier alpha value is -3.28. The molecule has 0 bridgehead atoms. The number of hydrogen-bond donors (Lipinski definition) is 2. The zero-order valence-electron chi connectivity index (χ0n) is 18.0. The molecule has 0 spiro atoms. The molecule has 2 aromatic carbocycles. The van der Waals surface area contributed by atoms with Crippen LogP contribution in [0.25, 0.3) is 0 Å². The van der Waals surface area contributed by atoms with Gasteiger partial charge in [0.2, 0.25) is 5.91 Å². The van der Waals surface area contributed by atoms with Gasteiger partial charge in [-0.3, -0.25) is 4.79 Å². The first-order valence-electron chi connectivity index (χ1n) is 9.92. The van der Waals surface area contributed by atoms with Crippen molar-refractivity contribution in [3.8, 4) is 5.75 Å². The zero-order chi connectivity index (χ0) is 22.0. The van der Waals surface area contributed by atoms with Crippen LogP contribution in [0.15, 0.2) is 66.7 Å². The van der Waals surface area contributed by atoms with Crippen LogP contribution in [0.2, 0.25) is 0 Å². The summed E-state index contributed by atoms with van der Waals surface area (Å²) < 4.78 is 10.5. The van der Waals surface area contributed by atoms with Crippen LogP contribution >= 0.6 is 0 Å². The monoisotopic (exact) mass is 410 g/mol. The van der Waals surface area contributed by atoms with Gasteiger partial charge in [0, 0.05) is 11.8 Å². The van der Waals surface area contributed by atoms with E-state index >= 15 is 0 Å². The maximum atomic E-state index is 12.3. The van der Waals surface area contributed by atoms with Crippen molar-refractivity contribution in [1.82, 2.24) is 5.32 Å². The number of methoxy groups -OCH3 is 1. The number of carbonyl (C=O) groups is 2. The lowest BCUT2D eigenvalue weighted by Crippen LogP contribution is -2.38. The van der Waals surface area contributed by atoms with Gasteiger partial charge in [0.25, 0.3) is 0 Å². The first-order valence-corrected chi connectivity index (χ1v) is 9.92. The van der Waals surface area contributed by atoms with E-state index in [0.717, 1.165) is 12.0 Å². The summed E-state index contributed by atoms with van der Waals surface area (Å²) in [7, 11) is 1.59. The number of amides is 2. The minimum Gasteiger partial charge on any atom is -0.497 e. The summed E-state index contributed by atoms with van der Waals surface area (Å²) in [6.07, 6.45) is 3.99. The Balaban J connectivity index is 1.99. The maximum absolute atomic E-state index is 12.3. The highest BCUT2D eigenvalue weighted by Crippen LogP contribution is 2.15. The van der Waals surface area contributed by atoms with Crippen molar-refractivity contribution in [3.63, 3.8) is 0 Å². The fraction of sp³-hybridized carbons (Fsp3) is 0.333. The summed E-state index contributed by atoms with van der Waals surface area (Å²) in [6.45, 7) is 5.43. The third-order valence-corrected chi connectivity index (χ3v) is 4.13. The van der Waals surface area contributed by atoms with Crippen molar-refractivity contribution in [1.29, 1.82) is 0 Å². The summed E-state index contributed by atoms with van der Waals surface area (Å²) in [5, 5.41) is 5.62. The molecule has 30 heavy (non-hydrogen) atoms. The molecule has 0 aliphatic rings. The molecule has 0 heterocycles. The average molecular weight is 411 g/mol. The van der Waals surface area contributed by atoms with Crippen molar-refractivity contribution in [3.05, 3.63) is 72.3 Å². The highest BCUT2D eigenvalue weighted by molar-refractivity contribution is 5.99. The molecule has 1 atom stereocenters. The third-order valence-electron chi connectivity index (χ3n) is 4.13. The normalized spacial score (nSPS) is 12.3. The first-order chi connectivity index (χ1) is 14.2. The van der Waals surface area contributed by atoms with Crippen LogP contribution in [0.5, 0.6) is 5.75 Å². The zero-order valence-corrected chi connectivity index (χ0v) is 18.0. The highest BCUT2D eigenvalue weighted by Gasteiger charge is 2.18. The SMILES string of the molecule is COc1ccc(NC(=O)C=CC(CCc2ccccc2)NC(=O)OC(C)(C)C)cc1. The molecule has 0 saturated heterocycles. The number of aryl methyl sites for hydroxylation is 1. The van der Waals surface area contributed by atoms with Crippen molar-refractivity contribution >= 4 is 17.7 Å². The van der Waals surface area contributed by atoms with Gasteiger partial charge in [0.05, 0.1) is 13.2 Å². The second-order valence-corrected chi connectivity index (χ2v) is 7.85. The van der Waals surface area contributed by atoms with Gasteiger partial charge < -0.3 is 20.1 Å². The molecular weight excluding hydrogens is 380 g/mol. The third kappa shape index (κ3) is 8.82. The number of rotatable bonds is 8. The maximum Gasteiger partial charge on any atom is 0.408 e. The molecule has 0 saturated carbocycles. The lowest BCUT2D eigenvalue weighted by atomic mass is 10.0. The predicted octanol–water partition coefficient (Wildman–Crippen LogP) is 4.72. The Morgan fingerprint density at radius 2 is 1.70 bits per heavy atom. The molecular formula is C24H30N2O4. The van der Waals surface area contributed by atoms with Gasteiger partial charge in [-0.15, -0.1) is 0 Å². The molecule has 0 radical (unpaired) electrons. The fourth-order valence-electron chi connectivity index (χ4n) is 2.70. The molecule has 2 amide bonds. The molecule has 6 nitrogen and oxygen atoms in total. The van der Waals surface area contributed by atoms with Crippen molar-refractivity contribution < 1.29 is 19.1 Å². The average Bonchev–Trinajstić information content (AvgIpc) is 2.70. The van der Waals surface area contributed by atoms with Gasteiger partial charge in [-0.25, -0.2) is 4.79 Å². The number of alkyl carbamates (subject to hydrolysis) is 1. The van der Waals surface area contributed by atoms with Crippen LogP contribution in [0.4, 0.5) is 10.5 Å². The first kappa shape index (κ1) is 23.0. The molecule has 2 aromatic rings. The number of nitrogens with one attached hydrogen (secondary N) is 2. The number of benzene rings is 2. The molecule has 6 heteroatoms. The van der Waals surface area contributed by atoms with E-state index in [1.807, 2.05) is 51.1 Å². The smallest absolute Gasteiger partial charge is 0.408 e. The van der Waals surface area contributed by atoms with Crippen LogP contribution < -0.4 is 15.4 Å². The Morgan fingerprint density at radius 1 is 1.03 bits per heavy atom. The van der Waals surface area contributed by atoms with Crippen LogP contribution in [0, 0.1) is 0 Å². The van der Waals surface area contributed by atoms with Gasteiger partial charge in [-0.1, -0.05) is 36.4 Å². The minimum absolute atomic E-state index is 0.282. The standard InChI is InChI=1S/C24H30N2O4/c1-24(2,3)30-23(28)26-20(11-10-18-8-6-5-7-9-18)14-17-22(27)25-19-12-15-21(29-4)16-13-19/h5-9,12-17,20H,10-11H2,1-4H3,(H,25,27)(H,26,28). The lowest BCUT2D eigenvalue weighted by Gasteiger charge is -2.22. The van der Waals surface area contributed by atoms with Crippen molar-refractivity contribution in [2.75, 3.05) is 12.4 Å². The van der Waals surface area contributed by atoms with E-state index in [1.165, 1.54) is 6.08 Å². The van der Waals surface area contributed by atoms with E-state index < -0.39 is 11.7 Å².